The van der Waals surface area contributed by atoms with E-state index in [-0.39, 0.29) is 29.4 Å². The van der Waals surface area contributed by atoms with Gasteiger partial charge in [-0.1, -0.05) is 11.6 Å². The first-order valence-electron chi connectivity index (χ1n) is 10.5. The van der Waals surface area contributed by atoms with E-state index < -0.39 is 10.0 Å². The smallest absolute Gasteiger partial charge is 0.250 e. The van der Waals surface area contributed by atoms with Gasteiger partial charge in [-0.05, 0) is 61.4 Å². The fraction of sp³-hybridized carbons (Fsp3) is 0.304. The molecule has 0 atom stereocenters. The van der Waals surface area contributed by atoms with Crippen molar-refractivity contribution in [2.75, 3.05) is 25.0 Å². The largest absolute Gasteiger partial charge is 0.488 e. The summed E-state index contributed by atoms with van der Waals surface area (Å²) in [5, 5.41) is 6.17. The van der Waals surface area contributed by atoms with Gasteiger partial charge in [0, 0.05) is 42.3 Å². The van der Waals surface area contributed by atoms with Crippen molar-refractivity contribution >= 4 is 45.2 Å². The van der Waals surface area contributed by atoms with Gasteiger partial charge >= 0.3 is 0 Å². The molecule has 2 aliphatic heterocycles. The molecular weight excluding hydrogens is 466 g/mol. The number of ether oxygens (including phenoxy) is 1. The Kier molecular flexibility index (Phi) is 6.73. The van der Waals surface area contributed by atoms with Crippen molar-refractivity contribution in [1.82, 2.24) is 9.62 Å². The minimum Gasteiger partial charge on any atom is -0.488 e. The molecule has 4 rings (SSSR count). The van der Waals surface area contributed by atoms with E-state index in [2.05, 4.69) is 10.6 Å². The number of nitrogens with one attached hydrogen (secondary N) is 2. The van der Waals surface area contributed by atoms with Crippen LogP contribution in [0.15, 0.2) is 52.9 Å². The van der Waals surface area contributed by atoms with Crippen LogP contribution >= 0.6 is 11.6 Å². The molecule has 2 aromatic carbocycles. The van der Waals surface area contributed by atoms with E-state index in [0.29, 0.717) is 48.0 Å². The summed E-state index contributed by atoms with van der Waals surface area (Å²) in [7, 11) is -3.65. The normalized spacial score (nSPS) is 16.8. The highest BCUT2D eigenvalue weighted by Crippen LogP contribution is 2.29. The van der Waals surface area contributed by atoms with Gasteiger partial charge in [-0.25, -0.2) is 8.42 Å². The van der Waals surface area contributed by atoms with Gasteiger partial charge in [0.15, 0.2) is 0 Å². The van der Waals surface area contributed by atoms with Crippen molar-refractivity contribution in [3.05, 3.63) is 58.6 Å². The lowest BCUT2D eigenvalue weighted by Gasteiger charge is -2.32. The fourth-order valence-electron chi connectivity index (χ4n) is 3.86. The highest BCUT2D eigenvalue weighted by Gasteiger charge is 2.30. The maximum absolute atomic E-state index is 13.0. The Morgan fingerprint density at radius 2 is 1.79 bits per heavy atom. The third-order valence-corrected chi connectivity index (χ3v) is 7.73. The van der Waals surface area contributed by atoms with Crippen LogP contribution in [0.2, 0.25) is 5.02 Å². The van der Waals surface area contributed by atoms with Crippen molar-refractivity contribution < 1.29 is 22.7 Å². The van der Waals surface area contributed by atoms with Gasteiger partial charge in [0.25, 0.3) is 5.91 Å². The third-order valence-electron chi connectivity index (χ3n) is 5.58. The van der Waals surface area contributed by atoms with Crippen LogP contribution in [0.5, 0.6) is 5.75 Å². The molecule has 10 heteroatoms. The minimum absolute atomic E-state index is 0.132. The molecule has 33 heavy (non-hydrogen) atoms. The molecule has 0 saturated carbocycles. The maximum Gasteiger partial charge on any atom is 0.250 e. The van der Waals surface area contributed by atoms with Gasteiger partial charge in [-0.2, -0.15) is 4.31 Å². The van der Waals surface area contributed by atoms with Crippen LogP contribution in [0.3, 0.4) is 0 Å². The van der Waals surface area contributed by atoms with Crippen LogP contribution in [0.1, 0.15) is 25.3 Å². The Bertz CT molecular complexity index is 1200. The number of carbonyl (C=O) groups is 2. The van der Waals surface area contributed by atoms with Gasteiger partial charge < -0.3 is 15.4 Å². The van der Waals surface area contributed by atoms with Crippen LogP contribution < -0.4 is 15.4 Å². The number of piperidine rings is 1. The molecule has 0 spiro atoms. The van der Waals surface area contributed by atoms with E-state index in [0.717, 1.165) is 5.56 Å². The first-order valence-corrected chi connectivity index (χ1v) is 12.4. The van der Waals surface area contributed by atoms with E-state index in [1.807, 2.05) is 0 Å². The number of anilines is 1. The number of sulfonamides is 1. The van der Waals surface area contributed by atoms with Crippen LogP contribution in [-0.4, -0.2) is 50.3 Å². The summed E-state index contributed by atoms with van der Waals surface area (Å²) in [6.07, 6.45) is 2.78. The first kappa shape index (κ1) is 23.3. The first-order chi connectivity index (χ1) is 15.7. The van der Waals surface area contributed by atoms with Crippen molar-refractivity contribution in [2.45, 2.75) is 30.7 Å². The number of nitrogens with zero attached hydrogens (tertiary/aromatic N) is 1. The monoisotopic (exact) mass is 489 g/mol. The Balaban J connectivity index is 1.35. The second-order valence-corrected chi connectivity index (χ2v) is 10.4. The molecule has 0 unspecified atom stereocenters. The van der Waals surface area contributed by atoms with Gasteiger partial charge in [-0.3, -0.25) is 9.59 Å². The van der Waals surface area contributed by atoms with Crippen LogP contribution in [0.4, 0.5) is 5.69 Å². The molecule has 0 bridgehead atoms. The molecule has 2 amide bonds. The molecule has 2 heterocycles. The Morgan fingerprint density at radius 3 is 2.45 bits per heavy atom. The van der Waals surface area contributed by atoms with E-state index in [4.69, 9.17) is 16.3 Å². The highest BCUT2D eigenvalue weighted by atomic mass is 35.5. The molecule has 1 fully saturated rings. The molecule has 0 radical (unpaired) electrons. The van der Waals surface area contributed by atoms with Crippen molar-refractivity contribution in [2.24, 2.45) is 0 Å². The number of hydrogen-bond donors (Lipinski definition) is 2. The number of benzene rings is 2. The van der Waals surface area contributed by atoms with E-state index >= 15 is 0 Å². The van der Waals surface area contributed by atoms with Gasteiger partial charge in [-0.15, -0.1) is 0 Å². The molecule has 8 nitrogen and oxygen atoms in total. The van der Waals surface area contributed by atoms with Crippen LogP contribution in [0, 0.1) is 0 Å². The number of halogens is 1. The Hall–Kier alpha value is -2.88. The average molecular weight is 490 g/mol. The SMILES string of the molecule is CC(=O)Nc1ccc(S(=O)(=O)N2CCC(NC(=O)C3=Cc4cc(Cl)ccc4OC3)CC2)cc1. The van der Waals surface area contributed by atoms with Crippen molar-refractivity contribution in [3.63, 3.8) is 0 Å². The van der Waals surface area contributed by atoms with Gasteiger partial charge in [0.05, 0.1) is 10.5 Å². The summed E-state index contributed by atoms with van der Waals surface area (Å²) in [6.45, 7) is 2.16. The lowest BCUT2D eigenvalue weighted by atomic mass is 10.0. The zero-order chi connectivity index (χ0) is 23.6. The lowest BCUT2D eigenvalue weighted by Crippen LogP contribution is -2.47. The van der Waals surface area contributed by atoms with Gasteiger partial charge in [0.2, 0.25) is 15.9 Å². The van der Waals surface area contributed by atoms with E-state index in [1.54, 1.807) is 36.4 Å². The average Bonchev–Trinajstić information content (AvgIpc) is 2.79. The molecule has 174 valence electrons. The van der Waals surface area contributed by atoms with Crippen molar-refractivity contribution in [3.8, 4) is 5.75 Å². The standard InChI is InChI=1S/C23H24ClN3O5S/c1-15(28)25-19-3-5-21(6-4-19)33(30,31)27-10-8-20(9-11-27)26-23(29)17-12-16-13-18(24)2-7-22(16)32-14-17/h2-7,12-13,20H,8-11,14H2,1H3,(H,25,28)(H,26,29). The Morgan fingerprint density at radius 1 is 1.09 bits per heavy atom. The molecule has 0 aliphatic carbocycles. The minimum atomic E-state index is -3.65. The topological polar surface area (TPSA) is 105 Å². The second kappa shape index (κ2) is 9.54. The van der Waals surface area contributed by atoms with E-state index in [9.17, 15) is 18.0 Å². The zero-order valence-electron chi connectivity index (χ0n) is 18.0. The summed E-state index contributed by atoms with van der Waals surface area (Å²) >= 11 is 6.03. The van der Waals surface area contributed by atoms with Crippen LogP contribution in [0.25, 0.3) is 6.08 Å². The van der Waals surface area contributed by atoms with Gasteiger partial charge in [0.1, 0.15) is 12.4 Å². The summed E-state index contributed by atoms with van der Waals surface area (Å²) in [4.78, 5) is 24.0. The molecule has 2 N–H and O–H groups in total. The third kappa shape index (κ3) is 5.38. The molecule has 0 aromatic heterocycles. The van der Waals surface area contributed by atoms with E-state index in [1.165, 1.54) is 23.4 Å². The Labute approximate surface area is 197 Å². The number of carbonyl (C=O) groups excluding carboxylic acids is 2. The number of amides is 2. The maximum atomic E-state index is 13.0. The zero-order valence-corrected chi connectivity index (χ0v) is 19.6. The summed E-state index contributed by atoms with van der Waals surface area (Å²) in [5.41, 5.74) is 1.79. The fourth-order valence-corrected chi connectivity index (χ4v) is 5.51. The molecular formula is C23H24ClN3O5S. The number of hydrogen-bond acceptors (Lipinski definition) is 5. The molecule has 1 saturated heterocycles. The number of rotatable bonds is 5. The molecule has 2 aliphatic rings. The predicted molar refractivity (Wildman–Crippen MR) is 126 cm³/mol. The summed E-state index contributed by atoms with van der Waals surface area (Å²) in [5.74, 6) is 0.230. The quantitative estimate of drug-likeness (QED) is 0.671. The molecule has 2 aromatic rings. The van der Waals surface area contributed by atoms with Crippen LogP contribution in [-0.2, 0) is 19.6 Å². The highest BCUT2D eigenvalue weighted by molar-refractivity contribution is 7.89. The summed E-state index contributed by atoms with van der Waals surface area (Å²) < 4.78 is 33.0. The van der Waals surface area contributed by atoms with Crippen molar-refractivity contribution in [1.29, 1.82) is 0 Å². The predicted octanol–water partition coefficient (Wildman–Crippen LogP) is 3.04. The second-order valence-electron chi connectivity index (χ2n) is 8.00. The summed E-state index contributed by atoms with van der Waals surface area (Å²) in [6, 6.07) is 11.2. The lowest BCUT2D eigenvalue weighted by molar-refractivity contribution is -0.118. The number of fused-ring (bicyclic) bond motifs is 1.